The topological polar surface area (TPSA) is 62.8 Å². The Morgan fingerprint density at radius 2 is 2.04 bits per heavy atom. The number of carbonyl (C=O) groups is 1. The Hall–Kier alpha value is -0.890. The highest BCUT2D eigenvalue weighted by molar-refractivity contribution is 5.85. The molecule has 0 saturated carbocycles. The lowest BCUT2D eigenvalue weighted by Gasteiger charge is -2.33. The third-order valence-corrected chi connectivity index (χ3v) is 4.21. The lowest BCUT2D eigenvalue weighted by atomic mass is 10.2. The summed E-state index contributed by atoms with van der Waals surface area (Å²) in [5.41, 5.74) is 1.31. The van der Waals surface area contributed by atoms with Crippen LogP contribution in [0.5, 0.6) is 0 Å². The molecular formula is C17H27Cl2N3O3. The zero-order valence-corrected chi connectivity index (χ0v) is 15.8. The van der Waals surface area contributed by atoms with Gasteiger partial charge in [-0.15, -0.1) is 24.8 Å². The predicted octanol–water partition coefficient (Wildman–Crippen LogP) is 0.836. The fourth-order valence-corrected chi connectivity index (χ4v) is 2.96. The van der Waals surface area contributed by atoms with Crippen molar-refractivity contribution in [3.63, 3.8) is 0 Å². The van der Waals surface area contributed by atoms with Gasteiger partial charge in [-0.1, -0.05) is 30.3 Å². The molecule has 2 N–H and O–H groups in total. The predicted molar refractivity (Wildman–Crippen MR) is 102 cm³/mol. The molecule has 2 unspecified atom stereocenters. The van der Waals surface area contributed by atoms with Crippen molar-refractivity contribution in [3.8, 4) is 0 Å². The van der Waals surface area contributed by atoms with Crippen molar-refractivity contribution in [2.24, 2.45) is 0 Å². The summed E-state index contributed by atoms with van der Waals surface area (Å²) in [4.78, 5) is 14.5. The molecule has 1 aromatic carbocycles. The average molecular weight is 392 g/mol. The van der Waals surface area contributed by atoms with Gasteiger partial charge < -0.3 is 20.1 Å². The summed E-state index contributed by atoms with van der Waals surface area (Å²) in [7, 11) is 0. The number of halogens is 2. The van der Waals surface area contributed by atoms with Gasteiger partial charge in [0.05, 0.1) is 25.9 Å². The molecule has 8 heteroatoms. The summed E-state index contributed by atoms with van der Waals surface area (Å²) in [6.07, 6.45) is 0.0425. The van der Waals surface area contributed by atoms with E-state index in [4.69, 9.17) is 9.47 Å². The van der Waals surface area contributed by atoms with Gasteiger partial charge in [0, 0.05) is 32.7 Å². The van der Waals surface area contributed by atoms with Crippen molar-refractivity contribution in [1.29, 1.82) is 0 Å². The largest absolute Gasteiger partial charge is 0.378 e. The fraction of sp³-hybridized carbons (Fsp3) is 0.588. The van der Waals surface area contributed by atoms with Gasteiger partial charge >= 0.3 is 0 Å². The molecular weight excluding hydrogens is 365 g/mol. The summed E-state index contributed by atoms with van der Waals surface area (Å²) in [6, 6.07) is 10.2. The quantitative estimate of drug-likeness (QED) is 0.778. The van der Waals surface area contributed by atoms with Crippen LogP contribution in [0, 0.1) is 0 Å². The van der Waals surface area contributed by atoms with E-state index in [1.807, 2.05) is 6.07 Å². The molecule has 0 bridgehead atoms. The highest BCUT2D eigenvalue weighted by Crippen LogP contribution is 2.10. The molecule has 2 saturated heterocycles. The lowest BCUT2D eigenvalue weighted by molar-refractivity contribution is -0.127. The van der Waals surface area contributed by atoms with Crippen LogP contribution in [0.2, 0.25) is 0 Å². The van der Waals surface area contributed by atoms with Crippen molar-refractivity contribution in [2.45, 2.75) is 18.7 Å². The number of nitrogens with one attached hydrogen (secondary N) is 2. The third kappa shape index (κ3) is 7.09. The second-order valence-electron chi connectivity index (χ2n) is 6.04. The molecule has 0 radical (unpaired) electrons. The smallest absolute Gasteiger partial charge is 0.239 e. The molecule has 142 valence electrons. The number of amides is 1. The number of benzene rings is 1. The molecule has 6 nitrogen and oxygen atoms in total. The van der Waals surface area contributed by atoms with Crippen LogP contribution in [0.4, 0.5) is 0 Å². The summed E-state index contributed by atoms with van der Waals surface area (Å²) in [5.74, 6) is -0.00603. The van der Waals surface area contributed by atoms with Crippen LogP contribution < -0.4 is 10.6 Å². The zero-order chi connectivity index (χ0) is 15.9. The standard InChI is InChI=1S/C17H25N3O3.2ClH/c21-17(16-13-22-8-6-18-16)19-10-15-12-20(7-9-23-15)11-14-4-2-1-3-5-14;;/h1-5,15-16,18H,6-13H2,(H,19,21);2*1H. The van der Waals surface area contributed by atoms with Crippen LogP contribution in [0.25, 0.3) is 0 Å². The van der Waals surface area contributed by atoms with E-state index in [1.165, 1.54) is 5.56 Å². The van der Waals surface area contributed by atoms with Crippen LogP contribution in [0.1, 0.15) is 5.56 Å². The molecule has 0 aliphatic carbocycles. The molecule has 2 aliphatic rings. The van der Waals surface area contributed by atoms with E-state index in [0.29, 0.717) is 26.4 Å². The number of hydrogen-bond donors (Lipinski definition) is 2. The first-order valence-corrected chi connectivity index (χ1v) is 8.28. The second kappa shape index (κ2) is 11.7. The molecule has 25 heavy (non-hydrogen) atoms. The van der Waals surface area contributed by atoms with E-state index in [0.717, 1.165) is 26.2 Å². The first kappa shape index (κ1) is 22.2. The van der Waals surface area contributed by atoms with Crippen molar-refractivity contribution in [1.82, 2.24) is 15.5 Å². The maximum atomic E-state index is 12.1. The average Bonchev–Trinajstić information content (AvgIpc) is 2.62. The van der Waals surface area contributed by atoms with Gasteiger partial charge in [-0.3, -0.25) is 9.69 Å². The van der Waals surface area contributed by atoms with Crippen LogP contribution in [0.3, 0.4) is 0 Å². The van der Waals surface area contributed by atoms with Gasteiger partial charge in [0.1, 0.15) is 6.04 Å². The SMILES string of the molecule is Cl.Cl.O=C(NCC1CN(Cc2ccccc2)CCO1)C1COCCN1. The molecule has 2 heterocycles. The maximum absolute atomic E-state index is 12.1. The third-order valence-electron chi connectivity index (χ3n) is 4.21. The number of ether oxygens (including phenoxy) is 2. The summed E-state index contributed by atoms with van der Waals surface area (Å²) in [5, 5.41) is 6.13. The van der Waals surface area contributed by atoms with Crippen molar-refractivity contribution < 1.29 is 14.3 Å². The number of morpholine rings is 2. The van der Waals surface area contributed by atoms with Gasteiger partial charge in [0.15, 0.2) is 0 Å². The zero-order valence-electron chi connectivity index (χ0n) is 14.2. The highest BCUT2D eigenvalue weighted by atomic mass is 35.5. The van der Waals surface area contributed by atoms with Gasteiger partial charge in [0.2, 0.25) is 5.91 Å². The van der Waals surface area contributed by atoms with E-state index < -0.39 is 0 Å². The minimum Gasteiger partial charge on any atom is -0.378 e. The number of nitrogens with zero attached hydrogens (tertiary/aromatic N) is 1. The number of hydrogen-bond acceptors (Lipinski definition) is 5. The van der Waals surface area contributed by atoms with Crippen LogP contribution in [-0.4, -0.2) is 69.0 Å². The fourth-order valence-electron chi connectivity index (χ4n) is 2.96. The molecule has 2 atom stereocenters. The minimum atomic E-state index is -0.243. The van der Waals surface area contributed by atoms with E-state index in [1.54, 1.807) is 0 Å². The normalized spacial score (nSPS) is 23.8. The van der Waals surface area contributed by atoms with Crippen LogP contribution in [-0.2, 0) is 20.8 Å². The molecule has 2 aliphatic heterocycles. The molecule has 0 spiro atoms. The monoisotopic (exact) mass is 391 g/mol. The van der Waals surface area contributed by atoms with Crippen LogP contribution >= 0.6 is 24.8 Å². The van der Waals surface area contributed by atoms with E-state index >= 15 is 0 Å². The van der Waals surface area contributed by atoms with Crippen molar-refractivity contribution in [2.75, 3.05) is 46.0 Å². The second-order valence-corrected chi connectivity index (χ2v) is 6.04. The van der Waals surface area contributed by atoms with Crippen molar-refractivity contribution in [3.05, 3.63) is 35.9 Å². The van der Waals surface area contributed by atoms with Crippen LogP contribution in [0.15, 0.2) is 30.3 Å². The molecule has 2 fully saturated rings. The van der Waals surface area contributed by atoms with E-state index in [9.17, 15) is 4.79 Å². The summed E-state index contributed by atoms with van der Waals surface area (Å²) < 4.78 is 11.1. The Bertz CT molecular complexity index is 501. The summed E-state index contributed by atoms with van der Waals surface area (Å²) in [6.45, 7) is 5.78. The Morgan fingerprint density at radius 1 is 1.24 bits per heavy atom. The molecule has 3 rings (SSSR count). The van der Waals surface area contributed by atoms with Gasteiger partial charge in [0.25, 0.3) is 0 Å². The van der Waals surface area contributed by atoms with E-state index in [2.05, 4.69) is 39.8 Å². The minimum absolute atomic E-state index is 0. The first-order valence-electron chi connectivity index (χ1n) is 8.28. The first-order chi connectivity index (χ1) is 11.3. The number of carbonyl (C=O) groups excluding carboxylic acids is 1. The molecule has 1 aromatic rings. The molecule has 0 aromatic heterocycles. The van der Waals surface area contributed by atoms with Gasteiger partial charge in [-0.2, -0.15) is 0 Å². The van der Waals surface area contributed by atoms with E-state index in [-0.39, 0.29) is 42.9 Å². The Morgan fingerprint density at radius 3 is 2.76 bits per heavy atom. The highest BCUT2D eigenvalue weighted by Gasteiger charge is 2.24. The summed E-state index contributed by atoms with van der Waals surface area (Å²) >= 11 is 0. The maximum Gasteiger partial charge on any atom is 0.239 e. The number of rotatable bonds is 5. The van der Waals surface area contributed by atoms with Crippen molar-refractivity contribution >= 4 is 30.7 Å². The Labute approximate surface area is 161 Å². The lowest BCUT2D eigenvalue weighted by Crippen LogP contribution is -2.54. The van der Waals surface area contributed by atoms with Gasteiger partial charge in [-0.25, -0.2) is 0 Å². The Kier molecular flexibility index (Phi) is 10.3. The van der Waals surface area contributed by atoms with Gasteiger partial charge in [-0.05, 0) is 5.56 Å². The molecule has 1 amide bonds. The Balaban J connectivity index is 0.00000156.